The summed E-state index contributed by atoms with van der Waals surface area (Å²) in [7, 11) is 0. The van der Waals surface area contributed by atoms with Gasteiger partial charge in [-0.1, -0.05) is 13.8 Å². The van der Waals surface area contributed by atoms with E-state index in [1.807, 2.05) is 13.8 Å². The van der Waals surface area contributed by atoms with Gasteiger partial charge in [0, 0.05) is 6.54 Å². The first-order valence-electron chi connectivity index (χ1n) is 10.4. The molecule has 0 aromatic heterocycles. The Morgan fingerprint density at radius 1 is 0.906 bits per heavy atom. The molecule has 32 heavy (non-hydrogen) atoms. The zero-order chi connectivity index (χ0) is 25.0. The van der Waals surface area contributed by atoms with Gasteiger partial charge in [0.2, 0.25) is 17.7 Å². The Balaban J connectivity index is 5.53. The minimum atomic E-state index is -1.57. The highest BCUT2D eigenvalue weighted by molar-refractivity contribution is 5.94. The number of carboxylic acids is 1. The summed E-state index contributed by atoms with van der Waals surface area (Å²) in [6, 6.07) is -4.50. The minimum absolute atomic E-state index is 0.0416. The van der Waals surface area contributed by atoms with Crippen LogP contribution in [0.2, 0.25) is 0 Å². The number of hydrogen-bond acceptors (Lipinski definition) is 7. The van der Waals surface area contributed by atoms with Crippen LogP contribution in [0, 0.1) is 5.92 Å². The van der Waals surface area contributed by atoms with Crippen LogP contribution < -0.4 is 33.2 Å². The van der Waals surface area contributed by atoms with Crippen molar-refractivity contribution in [1.82, 2.24) is 16.0 Å². The topological polar surface area (TPSA) is 235 Å². The van der Waals surface area contributed by atoms with Crippen molar-refractivity contribution in [2.45, 2.75) is 77.2 Å². The second-order valence-corrected chi connectivity index (χ2v) is 8.05. The molecule has 11 N–H and O–H groups in total. The fraction of sp³-hybridized carbons (Fsp3) is 0.737. The summed E-state index contributed by atoms with van der Waals surface area (Å²) in [5, 5.41) is 26.1. The average Bonchev–Trinajstić information content (AvgIpc) is 2.66. The number of carboxylic acid groups (broad SMARTS) is 1. The predicted molar refractivity (Wildman–Crippen MR) is 118 cm³/mol. The lowest BCUT2D eigenvalue weighted by molar-refractivity contribution is -0.145. The van der Waals surface area contributed by atoms with Gasteiger partial charge in [-0.05, 0) is 39.0 Å². The Kier molecular flexibility index (Phi) is 12.9. The van der Waals surface area contributed by atoms with Gasteiger partial charge in [0.05, 0.1) is 12.1 Å². The summed E-state index contributed by atoms with van der Waals surface area (Å²) in [6.07, 6.45) is -0.703. The lowest BCUT2D eigenvalue weighted by Gasteiger charge is -2.26. The van der Waals surface area contributed by atoms with Gasteiger partial charge in [-0.15, -0.1) is 0 Å². The molecule has 0 radical (unpaired) electrons. The van der Waals surface area contributed by atoms with Gasteiger partial charge in [0.1, 0.15) is 12.1 Å². The fourth-order valence-electron chi connectivity index (χ4n) is 2.69. The van der Waals surface area contributed by atoms with E-state index >= 15 is 0 Å². The molecule has 0 fully saturated rings. The van der Waals surface area contributed by atoms with Crippen molar-refractivity contribution in [1.29, 1.82) is 0 Å². The van der Waals surface area contributed by atoms with E-state index in [2.05, 4.69) is 20.9 Å². The maximum Gasteiger partial charge on any atom is 0.328 e. The van der Waals surface area contributed by atoms with Crippen molar-refractivity contribution in [3.05, 3.63) is 0 Å². The molecule has 0 aliphatic carbocycles. The standard InChI is InChI=1S/C19H37N7O6/c1-9(2)8-13(25-15(28)10(3)20)17(30)24-12(6-5-7-23-19(21)22)16(29)26-14(11(4)27)18(31)32/h9-14,27H,5-8,20H2,1-4H3,(H,24,30)(H,25,28)(H,26,29)(H,31,32)(H4,21,22,23). The lowest BCUT2D eigenvalue weighted by atomic mass is 10.0. The third kappa shape index (κ3) is 11.5. The molecule has 0 heterocycles. The first-order chi connectivity index (χ1) is 14.8. The Hall–Kier alpha value is -2.93. The summed E-state index contributed by atoms with van der Waals surface area (Å²) in [4.78, 5) is 52.7. The predicted octanol–water partition coefficient (Wildman–Crippen LogP) is -2.65. The largest absolute Gasteiger partial charge is 0.480 e. The molecular formula is C19H37N7O6. The molecule has 0 aromatic rings. The van der Waals surface area contributed by atoms with E-state index < -0.39 is 54.0 Å². The van der Waals surface area contributed by atoms with Crippen molar-refractivity contribution in [2.24, 2.45) is 28.1 Å². The van der Waals surface area contributed by atoms with E-state index in [-0.39, 0.29) is 31.3 Å². The van der Waals surface area contributed by atoms with E-state index in [9.17, 15) is 29.4 Å². The smallest absolute Gasteiger partial charge is 0.328 e. The zero-order valence-corrected chi connectivity index (χ0v) is 19.0. The first kappa shape index (κ1) is 29.1. The molecule has 184 valence electrons. The van der Waals surface area contributed by atoms with Crippen LogP contribution in [0.1, 0.15) is 47.0 Å². The van der Waals surface area contributed by atoms with Gasteiger partial charge in [0.15, 0.2) is 12.0 Å². The SMILES string of the molecule is CC(C)CC(NC(=O)C(C)N)C(=O)NC(CCCN=C(N)N)C(=O)NC(C(=O)O)C(C)O. The molecule has 0 saturated carbocycles. The molecular weight excluding hydrogens is 422 g/mol. The Morgan fingerprint density at radius 3 is 1.88 bits per heavy atom. The maximum atomic E-state index is 12.9. The number of carbonyl (C=O) groups is 4. The van der Waals surface area contributed by atoms with Crippen molar-refractivity contribution in [3.8, 4) is 0 Å². The molecule has 5 atom stereocenters. The minimum Gasteiger partial charge on any atom is -0.480 e. The summed E-state index contributed by atoms with van der Waals surface area (Å²) in [6.45, 7) is 6.59. The van der Waals surface area contributed by atoms with E-state index in [4.69, 9.17) is 17.2 Å². The molecule has 3 amide bonds. The highest BCUT2D eigenvalue weighted by Gasteiger charge is 2.31. The second-order valence-electron chi connectivity index (χ2n) is 8.05. The highest BCUT2D eigenvalue weighted by atomic mass is 16.4. The molecule has 0 saturated heterocycles. The third-order valence-corrected chi connectivity index (χ3v) is 4.38. The van der Waals surface area contributed by atoms with Gasteiger partial charge in [-0.2, -0.15) is 0 Å². The molecule has 0 aliphatic rings. The number of nitrogens with two attached hydrogens (primary N) is 3. The second kappa shape index (κ2) is 14.2. The average molecular weight is 460 g/mol. The van der Waals surface area contributed by atoms with Gasteiger partial charge in [-0.3, -0.25) is 19.4 Å². The number of rotatable bonds is 14. The number of aliphatic hydroxyl groups excluding tert-OH is 1. The van der Waals surface area contributed by atoms with Gasteiger partial charge >= 0.3 is 5.97 Å². The zero-order valence-electron chi connectivity index (χ0n) is 19.0. The highest BCUT2D eigenvalue weighted by Crippen LogP contribution is 2.08. The van der Waals surface area contributed by atoms with Crippen molar-refractivity contribution in [3.63, 3.8) is 0 Å². The van der Waals surface area contributed by atoms with Crippen LogP contribution in [0.4, 0.5) is 0 Å². The molecule has 13 nitrogen and oxygen atoms in total. The molecule has 13 heteroatoms. The maximum absolute atomic E-state index is 12.9. The van der Waals surface area contributed by atoms with Gasteiger partial charge < -0.3 is 43.4 Å². The number of nitrogens with one attached hydrogen (secondary N) is 3. The number of nitrogens with zero attached hydrogens (tertiary/aromatic N) is 1. The number of aliphatic hydroxyl groups is 1. The molecule has 0 spiro atoms. The van der Waals surface area contributed by atoms with E-state index in [0.29, 0.717) is 6.42 Å². The van der Waals surface area contributed by atoms with E-state index in [1.165, 1.54) is 13.8 Å². The molecule has 0 aliphatic heterocycles. The number of hydrogen-bond donors (Lipinski definition) is 8. The summed E-state index contributed by atoms with van der Waals surface area (Å²) < 4.78 is 0. The fourth-order valence-corrected chi connectivity index (χ4v) is 2.69. The Labute approximate surface area is 187 Å². The Bertz CT molecular complexity index is 677. The summed E-state index contributed by atoms with van der Waals surface area (Å²) in [5.41, 5.74) is 16.1. The van der Waals surface area contributed by atoms with E-state index in [1.54, 1.807) is 0 Å². The molecule has 0 rings (SSSR count). The van der Waals surface area contributed by atoms with Crippen molar-refractivity contribution < 1.29 is 29.4 Å². The number of carbonyl (C=O) groups excluding carboxylic acids is 3. The van der Waals surface area contributed by atoms with Crippen LogP contribution in [0.25, 0.3) is 0 Å². The Morgan fingerprint density at radius 2 is 1.44 bits per heavy atom. The first-order valence-corrected chi connectivity index (χ1v) is 10.4. The molecule has 5 unspecified atom stereocenters. The van der Waals surface area contributed by atoms with Crippen LogP contribution in [0.15, 0.2) is 4.99 Å². The van der Waals surface area contributed by atoms with Gasteiger partial charge in [-0.25, -0.2) is 4.79 Å². The van der Waals surface area contributed by atoms with Crippen LogP contribution in [-0.2, 0) is 19.2 Å². The number of aliphatic carboxylic acids is 1. The molecule has 0 bridgehead atoms. The van der Waals surface area contributed by atoms with Crippen molar-refractivity contribution >= 4 is 29.7 Å². The van der Waals surface area contributed by atoms with Crippen molar-refractivity contribution in [2.75, 3.05) is 6.54 Å². The summed E-state index contributed by atoms with van der Waals surface area (Å²) >= 11 is 0. The molecule has 0 aromatic carbocycles. The van der Waals surface area contributed by atoms with Crippen LogP contribution in [0.5, 0.6) is 0 Å². The quantitative estimate of drug-likeness (QED) is 0.0768. The normalized spacial score (nSPS) is 15.6. The van der Waals surface area contributed by atoms with E-state index in [0.717, 1.165) is 0 Å². The third-order valence-electron chi connectivity index (χ3n) is 4.38. The van der Waals surface area contributed by atoms with Crippen LogP contribution >= 0.6 is 0 Å². The summed E-state index contributed by atoms with van der Waals surface area (Å²) in [5.74, 6) is -3.48. The van der Waals surface area contributed by atoms with Crippen LogP contribution in [0.3, 0.4) is 0 Å². The number of aliphatic imine (C=N–C) groups is 1. The van der Waals surface area contributed by atoms with Gasteiger partial charge in [0.25, 0.3) is 0 Å². The van der Waals surface area contributed by atoms with Crippen LogP contribution in [-0.4, -0.2) is 76.7 Å². The number of guanidine groups is 1. The lowest BCUT2D eigenvalue weighted by Crippen LogP contribution is -2.58. The number of amides is 3. The monoisotopic (exact) mass is 459 g/mol.